The maximum Gasteiger partial charge on any atom is 0.219 e. The molecule has 0 N–H and O–H groups in total. The lowest BCUT2D eigenvalue weighted by molar-refractivity contribution is -0.132. The van der Waals surface area contributed by atoms with E-state index >= 15 is 0 Å². The molecule has 0 aromatic heterocycles. The summed E-state index contributed by atoms with van der Waals surface area (Å²) in [6.45, 7) is 9.22. The molecule has 0 spiro atoms. The first-order chi connectivity index (χ1) is 13.6. The normalized spacial score (nSPS) is 45.1. The Morgan fingerprint density at radius 3 is 2.45 bits per heavy atom. The second-order valence-electron chi connectivity index (χ2n) is 11.7. The minimum absolute atomic E-state index is 0.216. The monoisotopic (exact) mass is 400 g/mol. The van der Waals surface area contributed by atoms with Crippen molar-refractivity contribution < 1.29 is 4.79 Å². The summed E-state index contributed by atoms with van der Waals surface area (Å²) in [7, 11) is 6.52. The zero-order valence-corrected chi connectivity index (χ0v) is 20.0. The lowest BCUT2D eigenvalue weighted by atomic mass is 9.47. The molecule has 164 valence electrons. The Kier molecular flexibility index (Phi) is 5.46. The molecular weight excluding hydrogens is 356 g/mol. The van der Waals surface area contributed by atoms with Gasteiger partial charge in [-0.25, -0.2) is 0 Å². The van der Waals surface area contributed by atoms with Crippen molar-refractivity contribution in [2.45, 2.75) is 91.1 Å². The van der Waals surface area contributed by atoms with Gasteiger partial charge in [0.25, 0.3) is 0 Å². The molecule has 0 aliphatic heterocycles. The van der Waals surface area contributed by atoms with Gasteiger partial charge in [0.1, 0.15) is 0 Å². The Morgan fingerprint density at radius 2 is 1.79 bits per heavy atom. The third-order valence-electron chi connectivity index (χ3n) is 10.6. The number of amides is 1. The number of hydrogen-bond donors (Lipinski definition) is 0. The van der Waals surface area contributed by atoms with Crippen LogP contribution in [-0.4, -0.2) is 48.9 Å². The minimum atomic E-state index is 0.216. The van der Waals surface area contributed by atoms with E-state index < -0.39 is 0 Å². The smallest absolute Gasteiger partial charge is 0.219 e. The third kappa shape index (κ3) is 3.22. The average Bonchev–Trinajstić information content (AvgIpc) is 3.03. The van der Waals surface area contributed by atoms with Crippen LogP contribution in [-0.2, 0) is 4.79 Å². The summed E-state index contributed by atoms with van der Waals surface area (Å²) in [4.78, 5) is 16.5. The fraction of sp³-hybridized carbons (Fsp3) is 0.885. The van der Waals surface area contributed by atoms with Crippen molar-refractivity contribution in [2.24, 2.45) is 34.5 Å². The van der Waals surface area contributed by atoms with Gasteiger partial charge in [0.05, 0.1) is 0 Å². The van der Waals surface area contributed by atoms with Crippen molar-refractivity contribution in [1.82, 2.24) is 9.80 Å². The lowest BCUT2D eigenvalue weighted by Gasteiger charge is -2.59. The molecule has 1 unspecified atom stereocenters. The SMILES string of the molecule is CC(=O)N(C)C(C)[C@H]1CC[C@H]2[C@@H]3CC=C4C[C@H](N(C)C)CC[C@]4(C)[C@H]3CC[C@]12C. The van der Waals surface area contributed by atoms with E-state index in [1.807, 2.05) is 11.9 Å². The predicted molar refractivity (Wildman–Crippen MR) is 121 cm³/mol. The number of allylic oxidation sites excluding steroid dienone is 1. The van der Waals surface area contributed by atoms with E-state index in [9.17, 15) is 4.79 Å². The Hall–Kier alpha value is -0.830. The topological polar surface area (TPSA) is 23.6 Å². The van der Waals surface area contributed by atoms with Crippen LogP contribution in [0.4, 0.5) is 0 Å². The largest absolute Gasteiger partial charge is 0.343 e. The number of rotatable bonds is 3. The molecule has 4 aliphatic carbocycles. The molecule has 0 radical (unpaired) electrons. The molecule has 1 amide bonds. The van der Waals surface area contributed by atoms with Crippen molar-refractivity contribution in [2.75, 3.05) is 21.1 Å². The van der Waals surface area contributed by atoms with Gasteiger partial charge < -0.3 is 9.80 Å². The number of carbonyl (C=O) groups excluding carboxylic acids is 1. The van der Waals surface area contributed by atoms with Gasteiger partial charge in [-0.2, -0.15) is 0 Å². The quantitative estimate of drug-likeness (QED) is 0.595. The molecule has 0 saturated heterocycles. The van der Waals surface area contributed by atoms with E-state index in [1.54, 1.807) is 12.5 Å². The Labute approximate surface area is 179 Å². The molecule has 0 aromatic rings. The summed E-state index contributed by atoms with van der Waals surface area (Å²) < 4.78 is 0. The van der Waals surface area contributed by atoms with Crippen LogP contribution >= 0.6 is 0 Å². The van der Waals surface area contributed by atoms with Gasteiger partial charge in [0, 0.05) is 26.1 Å². The molecule has 3 nitrogen and oxygen atoms in total. The van der Waals surface area contributed by atoms with Crippen LogP contribution in [0.25, 0.3) is 0 Å². The Balaban J connectivity index is 1.57. The maximum absolute atomic E-state index is 12.0. The number of fused-ring (bicyclic) bond motifs is 5. The average molecular weight is 401 g/mol. The van der Waals surface area contributed by atoms with E-state index in [1.165, 1.54) is 51.4 Å². The van der Waals surface area contributed by atoms with Gasteiger partial charge in [-0.15, -0.1) is 0 Å². The Bertz CT molecular complexity index is 684. The highest BCUT2D eigenvalue weighted by Crippen LogP contribution is 2.66. The standard InChI is InChI=1S/C26H44N2O/c1-17(28(7)18(2)29)22-10-11-23-21-9-8-19-16-20(27(5)6)12-14-25(19,3)24(21)13-15-26(22,23)4/h8,17,20-24H,9-16H2,1-7H3/t17?,20-,21+,22-,23+,24+,25+,26-/m1/s1. The maximum atomic E-state index is 12.0. The summed E-state index contributed by atoms with van der Waals surface area (Å²) >= 11 is 0. The van der Waals surface area contributed by atoms with E-state index in [0.717, 1.165) is 23.8 Å². The number of hydrogen-bond acceptors (Lipinski definition) is 2. The van der Waals surface area contributed by atoms with E-state index in [4.69, 9.17) is 0 Å². The van der Waals surface area contributed by atoms with Gasteiger partial charge in [0.2, 0.25) is 5.91 Å². The zero-order chi connectivity index (χ0) is 21.1. The second-order valence-corrected chi connectivity index (χ2v) is 11.7. The molecule has 3 fully saturated rings. The molecule has 0 bridgehead atoms. The second kappa shape index (κ2) is 7.39. The first kappa shape index (κ1) is 21.4. The van der Waals surface area contributed by atoms with Crippen molar-refractivity contribution in [1.29, 1.82) is 0 Å². The van der Waals surface area contributed by atoms with Crippen LogP contribution in [0, 0.1) is 34.5 Å². The number of carbonyl (C=O) groups is 1. The molecule has 0 aromatic carbocycles. The molecule has 4 aliphatic rings. The van der Waals surface area contributed by atoms with Crippen LogP contribution < -0.4 is 0 Å². The summed E-state index contributed by atoms with van der Waals surface area (Å²) in [6.07, 6.45) is 13.4. The fourth-order valence-electron chi connectivity index (χ4n) is 8.47. The minimum Gasteiger partial charge on any atom is -0.343 e. The van der Waals surface area contributed by atoms with Crippen molar-refractivity contribution in [3.63, 3.8) is 0 Å². The Morgan fingerprint density at radius 1 is 1.07 bits per heavy atom. The van der Waals surface area contributed by atoms with Gasteiger partial charge >= 0.3 is 0 Å². The van der Waals surface area contributed by atoms with Crippen LogP contribution in [0.15, 0.2) is 11.6 Å². The summed E-state index contributed by atoms with van der Waals surface area (Å²) in [5, 5.41) is 0. The molecule has 8 atom stereocenters. The highest BCUT2D eigenvalue weighted by molar-refractivity contribution is 5.73. The van der Waals surface area contributed by atoms with Gasteiger partial charge in [-0.05, 0) is 107 Å². The zero-order valence-electron chi connectivity index (χ0n) is 20.0. The first-order valence-electron chi connectivity index (χ1n) is 12.2. The summed E-state index contributed by atoms with van der Waals surface area (Å²) in [5.74, 6) is 3.45. The van der Waals surface area contributed by atoms with E-state index in [2.05, 4.69) is 45.8 Å². The molecule has 0 heterocycles. The molecule has 4 rings (SSSR count). The van der Waals surface area contributed by atoms with Crippen LogP contribution in [0.1, 0.15) is 79.1 Å². The third-order valence-corrected chi connectivity index (χ3v) is 10.6. The highest BCUT2D eigenvalue weighted by atomic mass is 16.2. The van der Waals surface area contributed by atoms with Crippen LogP contribution in [0.2, 0.25) is 0 Å². The van der Waals surface area contributed by atoms with Gasteiger partial charge in [-0.3, -0.25) is 4.79 Å². The number of nitrogens with zero attached hydrogens (tertiary/aromatic N) is 2. The van der Waals surface area contributed by atoms with Gasteiger partial charge in [0.15, 0.2) is 0 Å². The molecule has 3 heteroatoms. The summed E-state index contributed by atoms with van der Waals surface area (Å²) in [5.41, 5.74) is 2.63. The molecule has 3 saturated carbocycles. The van der Waals surface area contributed by atoms with Crippen molar-refractivity contribution >= 4 is 5.91 Å². The first-order valence-corrected chi connectivity index (χ1v) is 12.2. The van der Waals surface area contributed by atoms with Crippen LogP contribution in [0.3, 0.4) is 0 Å². The van der Waals surface area contributed by atoms with Crippen molar-refractivity contribution in [3.05, 3.63) is 11.6 Å². The fourth-order valence-corrected chi connectivity index (χ4v) is 8.47. The molecular formula is C26H44N2O. The van der Waals surface area contributed by atoms with E-state index in [0.29, 0.717) is 22.8 Å². The van der Waals surface area contributed by atoms with Crippen molar-refractivity contribution in [3.8, 4) is 0 Å². The predicted octanol–water partition coefficient (Wildman–Crippen LogP) is 5.36. The van der Waals surface area contributed by atoms with E-state index in [-0.39, 0.29) is 5.91 Å². The molecule has 29 heavy (non-hydrogen) atoms. The van der Waals surface area contributed by atoms with Crippen LogP contribution in [0.5, 0.6) is 0 Å². The summed E-state index contributed by atoms with van der Waals surface area (Å²) in [6, 6.07) is 1.10. The van der Waals surface area contributed by atoms with Gasteiger partial charge in [-0.1, -0.05) is 25.5 Å². The lowest BCUT2D eigenvalue weighted by Crippen LogP contribution is -2.53. The highest BCUT2D eigenvalue weighted by Gasteiger charge is 2.59.